The van der Waals surface area contributed by atoms with Crippen LogP contribution in [0, 0.1) is 17.3 Å². The van der Waals surface area contributed by atoms with Crippen LogP contribution in [-0.4, -0.2) is 62.7 Å². The molecule has 6 heteroatoms. The second kappa shape index (κ2) is 6.90. The highest BCUT2D eigenvalue weighted by molar-refractivity contribution is 5.80. The average molecular weight is 336 g/mol. The second-order valence-corrected chi connectivity index (χ2v) is 8.04. The van der Waals surface area contributed by atoms with Gasteiger partial charge in [-0.1, -0.05) is 13.8 Å². The van der Waals surface area contributed by atoms with Gasteiger partial charge in [0.15, 0.2) is 5.96 Å². The third-order valence-electron chi connectivity index (χ3n) is 6.26. The summed E-state index contributed by atoms with van der Waals surface area (Å²) in [4.78, 5) is 18.4. The van der Waals surface area contributed by atoms with E-state index in [1.54, 1.807) is 7.05 Å². The Morgan fingerprint density at radius 3 is 2.62 bits per heavy atom. The zero-order chi connectivity index (χ0) is 17.3. The number of hydrogen-bond acceptors (Lipinski definition) is 3. The fourth-order valence-electron chi connectivity index (χ4n) is 4.77. The van der Waals surface area contributed by atoms with Crippen molar-refractivity contribution in [2.75, 3.05) is 33.8 Å². The van der Waals surface area contributed by atoms with Crippen LogP contribution in [0.2, 0.25) is 0 Å². The number of guanidine groups is 1. The Labute approximate surface area is 145 Å². The highest BCUT2D eigenvalue weighted by atomic mass is 16.5. The van der Waals surface area contributed by atoms with Crippen LogP contribution in [0.5, 0.6) is 0 Å². The number of aliphatic imine (C=N–C) groups is 1. The predicted molar refractivity (Wildman–Crippen MR) is 94.9 cm³/mol. The van der Waals surface area contributed by atoms with Crippen molar-refractivity contribution in [3.05, 3.63) is 0 Å². The molecule has 24 heavy (non-hydrogen) atoms. The number of likely N-dealkylation sites (tertiary alicyclic amines) is 1. The first kappa shape index (κ1) is 17.5. The molecule has 0 bridgehead atoms. The summed E-state index contributed by atoms with van der Waals surface area (Å²) in [6, 6.07) is 0.437. The molecule has 3 aliphatic rings. The van der Waals surface area contributed by atoms with Gasteiger partial charge in [0.05, 0.1) is 6.10 Å². The van der Waals surface area contributed by atoms with Crippen molar-refractivity contribution in [2.45, 2.75) is 51.7 Å². The number of piperidine rings is 1. The molecule has 0 aromatic rings. The van der Waals surface area contributed by atoms with Crippen molar-refractivity contribution < 1.29 is 9.53 Å². The fourth-order valence-corrected chi connectivity index (χ4v) is 4.77. The molecule has 136 valence electrons. The summed E-state index contributed by atoms with van der Waals surface area (Å²) in [6.45, 7) is 7.42. The lowest BCUT2D eigenvalue weighted by Crippen LogP contribution is -2.68. The molecule has 0 spiro atoms. The molecule has 6 nitrogen and oxygen atoms in total. The molecular weight excluding hydrogens is 304 g/mol. The number of amides is 1. The van der Waals surface area contributed by atoms with Crippen molar-refractivity contribution in [1.82, 2.24) is 15.5 Å². The lowest BCUT2D eigenvalue weighted by Gasteiger charge is -2.55. The number of fused-ring (bicyclic) bond motifs is 1. The van der Waals surface area contributed by atoms with E-state index in [-0.39, 0.29) is 11.3 Å². The van der Waals surface area contributed by atoms with E-state index in [0.29, 0.717) is 30.4 Å². The van der Waals surface area contributed by atoms with Gasteiger partial charge in [0.1, 0.15) is 0 Å². The molecule has 1 saturated carbocycles. The Balaban J connectivity index is 1.54. The Bertz CT molecular complexity index is 497. The summed E-state index contributed by atoms with van der Waals surface area (Å²) in [5.74, 6) is 2.27. The summed E-state index contributed by atoms with van der Waals surface area (Å²) in [5.41, 5.74) is 0.161. The van der Waals surface area contributed by atoms with Crippen molar-refractivity contribution in [1.29, 1.82) is 0 Å². The molecule has 2 heterocycles. The lowest BCUT2D eigenvalue weighted by molar-refractivity contribution is -0.121. The average Bonchev–Trinajstić information content (AvgIpc) is 3.03. The Hall–Kier alpha value is -1.30. The SMILES string of the molecule is CN=C(NC1C2CCOC2C1(C)C)N1CCC(CC(=O)NC)CC1. The van der Waals surface area contributed by atoms with Gasteiger partial charge in [-0.2, -0.15) is 0 Å². The van der Waals surface area contributed by atoms with Crippen LogP contribution in [0.25, 0.3) is 0 Å². The molecule has 2 N–H and O–H groups in total. The van der Waals surface area contributed by atoms with Crippen LogP contribution in [0.15, 0.2) is 4.99 Å². The highest BCUT2D eigenvalue weighted by Crippen LogP contribution is 2.52. The zero-order valence-corrected chi connectivity index (χ0v) is 15.5. The number of carbonyl (C=O) groups is 1. The maximum atomic E-state index is 11.5. The van der Waals surface area contributed by atoms with E-state index >= 15 is 0 Å². The first-order chi connectivity index (χ1) is 11.5. The van der Waals surface area contributed by atoms with Crippen LogP contribution >= 0.6 is 0 Å². The van der Waals surface area contributed by atoms with Gasteiger partial charge in [-0.05, 0) is 25.2 Å². The zero-order valence-electron chi connectivity index (χ0n) is 15.5. The van der Waals surface area contributed by atoms with Gasteiger partial charge in [0.2, 0.25) is 5.91 Å². The first-order valence-corrected chi connectivity index (χ1v) is 9.27. The predicted octanol–water partition coefficient (Wildman–Crippen LogP) is 1.22. The summed E-state index contributed by atoms with van der Waals surface area (Å²) >= 11 is 0. The summed E-state index contributed by atoms with van der Waals surface area (Å²) in [5, 5.41) is 6.45. The number of carbonyl (C=O) groups excluding carboxylic acids is 1. The molecule has 3 atom stereocenters. The molecule has 0 aromatic carbocycles. The van der Waals surface area contributed by atoms with Crippen molar-refractivity contribution >= 4 is 11.9 Å². The molecule has 1 amide bonds. The third kappa shape index (κ3) is 3.13. The molecule has 2 saturated heterocycles. The summed E-state index contributed by atoms with van der Waals surface area (Å²) in [7, 11) is 3.58. The monoisotopic (exact) mass is 336 g/mol. The molecule has 1 aliphatic carbocycles. The number of ether oxygens (including phenoxy) is 1. The van der Waals surface area contributed by atoms with Gasteiger partial charge in [-0.3, -0.25) is 9.79 Å². The van der Waals surface area contributed by atoms with Gasteiger partial charge in [0.25, 0.3) is 0 Å². The minimum absolute atomic E-state index is 0.152. The Morgan fingerprint density at radius 1 is 1.29 bits per heavy atom. The molecule has 2 aliphatic heterocycles. The maximum absolute atomic E-state index is 11.5. The molecular formula is C18H32N4O2. The lowest BCUT2D eigenvalue weighted by atomic mass is 9.57. The van der Waals surface area contributed by atoms with E-state index < -0.39 is 0 Å². The minimum atomic E-state index is 0.152. The van der Waals surface area contributed by atoms with E-state index in [1.807, 2.05) is 7.05 Å². The van der Waals surface area contributed by atoms with Gasteiger partial charge in [-0.15, -0.1) is 0 Å². The second-order valence-electron chi connectivity index (χ2n) is 8.04. The normalized spacial score (nSPS) is 32.9. The summed E-state index contributed by atoms with van der Waals surface area (Å²) < 4.78 is 5.89. The standard InChI is InChI=1S/C18H32N4O2/c1-18(2)15(13-7-10-24-16(13)18)21-17(20-4)22-8-5-12(6-9-22)11-14(23)19-3/h12-13,15-16H,5-11H2,1-4H3,(H,19,23)(H,20,21). The fraction of sp³-hybridized carbons (Fsp3) is 0.889. The van der Waals surface area contributed by atoms with Crippen LogP contribution in [0.1, 0.15) is 39.5 Å². The summed E-state index contributed by atoms with van der Waals surface area (Å²) in [6.07, 6.45) is 4.30. The van der Waals surface area contributed by atoms with Crippen molar-refractivity contribution in [3.8, 4) is 0 Å². The van der Waals surface area contributed by atoms with Crippen molar-refractivity contribution in [3.63, 3.8) is 0 Å². The topological polar surface area (TPSA) is 66.0 Å². The van der Waals surface area contributed by atoms with Gasteiger partial charge in [0, 0.05) is 57.6 Å². The minimum Gasteiger partial charge on any atom is -0.377 e. The maximum Gasteiger partial charge on any atom is 0.220 e. The van der Waals surface area contributed by atoms with Crippen LogP contribution in [0.3, 0.4) is 0 Å². The van der Waals surface area contributed by atoms with Crippen molar-refractivity contribution in [2.24, 2.45) is 22.2 Å². The molecule has 0 aromatic heterocycles. The number of rotatable bonds is 3. The van der Waals surface area contributed by atoms with E-state index in [1.165, 1.54) is 0 Å². The number of hydrogen-bond donors (Lipinski definition) is 2. The quantitative estimate of drug-likeness (QED) is 0.601. The Kier molecular flexibility index (Phi) is 5.04. The van der Waals surface area contributed by atoms with Gasteiger partial charge < -0.3 is 20.3 Å². The van der Waals surface area contributed by atoms with E-state index in [2.05, 4.69) is 34.4 Å². The van der Waals surface area contributed by atoms with E-state index in [4.69, 9.17) is 4.74 Å². The van der Waals surface area contributed by atoms with E-state index in [9.17, 15) is 4.79 Å². The van der Waals surface area contributed by atoms with Crippen LogP contribution < -0.4 is 10.6 Å². The third-order valence-corrected chi connectivity index (χ3v) is 6.26. The highest BCUT2D eigenvalue weighted by Gasteiger charge is 2.59. The molecule has 3 fully saturated rings. The first-order valence-electron chi connectivity index (χ1n) is 9.27. The molecule has 3 rings (SSSR count). The van der Waals surface area contributed by atoms with E-state index in [0.717, 1.165) is 44.9 Å². The van der Waals surface area contributed by atoms with Gasteiger partial charge in [-0.25, -0.2) is 0 Å². The van der Waals surface area contributed by atoms with Gasteiger partial charge >= 0.3 is 0 Å². The Morgan fingerprint density at radius 2 is 2.00 bits per heavy atom. The number of nitrogens with one attached hydrogen (secondary N) is 2. The van der Waals surface area contributed by atoms with Crippen LogP contribution in [-0.2, 0) is 9.53 Å². The molecule has 3 unspecified atom stereocenters. The van der Waals surface area contributed by atoms with Crippen LogP contribution in [0.4, 0.5) is 0 Å². The largest absolute Gasteiger partial charge is 0.377 e. The number of nitrogens with zero attached hydrogens (tertiary/aromatic N) is 2. The molecule has 0 radical (unpaired) electrons. The smallest absolute Gasteiger partial charge is 0.220 e.